The zero-order valence-electron chi connectivity index (χ0n) is 52.4. The van der Waals surface area contributed by atoms with Crippen LogP contribution in [0.1, 0.15) is 293 Å². The Hall–Kier alpha value is -1.94. The molecule has 0 aliphatic carbocycles. The minimum Gasteiger partial charge on any atom is -0.462 e. The molecule has 0 fully saturated rings. The number of phosphoric ester groups is 2. The van der Waals surface area contributed by atoms with E-state index in [-0.39, 0.29) is 25.7 Å². The molecule has 6 atom stereocenters. The van der Waals surface area contributed by atoms with Crippen molar-refractivity contribution in [2.45, 2.75) is 311 Å². The SMILES string of the molecule is CCC(C)CCCCCCCCCCC(=O)O[C@H](COC(=O)CCCCCCCCCCC(C)C)COP(=O)(O)OC[C@@H](O)COP(=O)(O)OC[C@@H](COC(=O)CCCCCCCCC(C)C)OC(=O)CCCCCCCCC(C)C. The maximum atomic E-state index is 13.0. The number of hydrogen-bond donors (Lipinski definition) is 3. The molecule has 0 aliphatic heterocycles. The Kier molecular flexibility index (Phi) is 51.1. The van der Waals surface area contributed by atoms with Crippen LogP contribution in [0.4, 0.5) is 0 Å². The van der Waals surface area contributed by atoms with E-state index >= 15 is 0 Å². The second-order valence-corrected chi connectivity index (χ2v) is 27.0. The molecule has 81 heavy (non-hydrogen) atoms. The van der Waals surface area contributed by atoms with Gasteiger partial charge in [-0.2, -0.15) is 0 Å². The Labute approximate surface area is 492 Å². The summed E-state index contributed by atoms with van der Waals surface area (Å²) in [6.07, 6.45) is 31.0. The second-order valence-electron chi connectivity index (χ2n) is 24.1. The number of phosphoric acid groups is 2. The molecule has 0 aromatic carbocycles. The number of ether oxygens (including phenoxy) is 4. The number of aliphatic hydroxyl groups is 1. The number of unbranched alkanes of at least 4 members (excludes halogenated alkanes) is 24. The van der Waals surface area contributed by atoms with E-state index in [4.69, 9.17) is 37.0 Å². The molecule has 0 rings (SSSR count). The Morgan fingerprint density at radius 1 is 0.346 bits per heavy atom. The van der Waals surface area contributed by atoms with E-state index < -0.39 is 97.5 Å². The molecule has 0 amide bonds. The molecule has 17 nitrogen and oxygen atoms in total. The third-order valence-corrected chi connectivity index (χ3v) is 16.3. The van der Waals surface area contributed by atoms with Crippen LogP contribution in [0.25, 0.3) is 0 Å². The molecule has 0 aliphatic rings. The van der Waals surface area contributed by atoms with Gasteiger partial charge in [0.2, 0.25) is 0 Å². The number of carbonyl (C=O) groups is 4. The number of hydrogen-bond acceptors (Lipinski definition) is 15. The lowest BCUT2D eigenvalue weighted by Gasteiger charge is -2.21. The summed E-state index contributed by atoms with van der Waals surface area (Å²) in [6.45, 7) is 13.9. The van der Waals surface area contributed by atoms with Gasteiger partial charge in [0.25, 0.3) is 0 Å². The van der Waals surface area contributed by atoms with E-state index in [1.807, 2.05) is 0 Å². The molecule has 0 saturated carbocycles. The topological polar surface area (TPSA) is 237 Å². The highest BCUT2D eigenvalue weighted by molar-refractivity contribution is 7.47. The van der Waals surface area contributed by atoms with Crippen molar-refractivity contribution in [2.24, 2.45) is 23.7 Å². The van der Waals surface area contributed by atoms with Gasteiger partial charge in [-0.25, -0.2) is 9.13 Å². The fourth-order valence-corrected chi connectivity index (χ4v) is 10.6. The largest absolute Gasteiger partial charge is 0.472 e. The molecule has 3 unspecified atom stereocenters. The van der Waals surface area contributed by atoms with E-state index in [0.717, 1.165) is 108 Å². The molecule has 0 radical (unpaired) electrons. The van der Waals surface area contributed by atoms with E-state index in [1.165, 1.54) is 89.9 Å². The van der Waals surface area contributed by atoms with Gasteiger partial charge in [-0.1, -0.05) is 242 Å². The highest BCUT2D eigenvalue weighted by Crippen LogP contribution is 2.45. The molecule has 0 saturated heterocycles. The predicted molar refractivity (Wildman–Crippen MR) is 321 cm³/mol. The minimum atomic E-state index is -4.94. The monoisotopic (exact) mass is 1200 g/mol. The summed E-state index contributed by atoms with van der Waals surface area (Å²) in [5.74, 6) is 0.696. The van der Waals surface area contributed by atoms with Gasteiger partial charge >= 0.3 is 39.5 Å². The fraction of sp³-hybridized carbons (Fsp3) is 0.935. The lowest BCUT2D eigenvalue weighted by Crippen LogP contribution is -2.30. The van der Waals surface area contributed by atoms with Crippen LogP contribution in [0.5, 0.6) is 0 Å². The summed E-state index contributed by atoms with van der Waals surface area (Å²) in [7, 11) is -9.88. The van der Waals surface area contributed by atoms with Crippen LogP contribution in [0.3, 0.4) is 0 Å². The van der Waals surface area contributed by atoms with E-state index in [9.17, 15) is 43.2 Å². The van der Waals surface area contributed by atoms with Crippen molar-refractivity contribution in [3.8, 4) is 0 Å². The van der Waals surface area contributed by atoms with E-state index in [0.29, 0.717) is 37.5 Å². The van der Waals surface area contributed by atoms with Crippen LogP contribution in [0.15, 0.2) is 0 Å². The molecule has 0 spiro atoms. The molecule has 0 aromatic rings. The van der Waals surface area contributed by atoms with Gasteiger partial charge in [0, 0.05) is 25.7 Å². The highest BCUT2D eigenvalue weighted by atomic mass is 31.2. The van der Waals surface area contributed by atoms with Gasteiger partial charge < -0.3 is 33.8 Å². The van der Waals surface area contributed by atoms with Crippen molar-refractivity contribution in [3.63, 3.8) is 0 Å². The summed E-state index contributed by atoms with van der Waals surface area (Å²) in [5, 5.41) is 10.5. The lowest BCUT2D eigenvalue weighted by molar-refractivity contribution is -0.161. The van der Waals surface area contributed by atoms with Crippen molar-refractivity contribution in [1.29, 1.82) is 0 Å². The van der Waals surface area contributed by atoms with E-state index in [1.54, 1.807) is 0 Å². The molecule has 0 heterocycles. The van der Waals surface area contributed by atoms with Crippen LogP contribution >= 0.6 is 15.6 Å². The van der Waals surface area contributed by atoms with Gasteiger partial charge in [-0.3, -0.25) is 37.3 Å². The average molecular weight is 1200 g/mol. The molecule has 19 heteroatoms. The van der Waals surface area contributed by atoms with Crippen LogP contribution < -0.4 is 0 Å². The zero-order chi connectivity index (χ0) is 60.4. The normalized spacial score (nSPS) is 14.8. The standard InChI is InChI=1S/C62H120O17P2/c1-9-55(8)41-33-25-15-11-13-17-28-36-44-61(66)78-57(48-72-59(64)42-34-26-16-12-10-14-22-30-38-52(2)3)50-76-80(68,69)74-46-56(63)47-75-81(70,71)77-51-58(79-62(67)45-37-29-21-19-24-32-40-54(6)7)49-73-60(65)43-35-27-20-18-23-31-39-53(4)5/h52-58,63H,9-51H2,1-8H3,(H,68,69)(H,70,71)/t55?,56-,57-,58-/m1/s1. The number of carbonyl (C=O) groups excluding carboxylic acids is 4. The minimum absolute atomic E-state index is 0.100. The van der Waals surface area contributed by atoms with Crippen molar-refractivity contribution in [3.05, 3.63) is 0 Å². The van der Waals surface area contributed by atoms with Crippen molar-refractivity contribution >= 4 is 39.5 Å². The second kappa shape index (κ2) is 52.4. The first-order valence-corrected chi connectivity index (χ1v) is 35.2. The Bertz CT molecular complexity index is 1630. The lowest BCUT2D eigenvalue weighted by atomic mass is 9.99. The van der Waals surface area contributed by atoms with Gasteiger partial charge in [-0.15, -0.1) is 0 Å². The first-order chi connectivity index (χ1) is 38.6. The fourth-order valence-electron chi connectivity index (χ4n) is 9.04. The number of aliphatic hydroxyl groups excluding tert-OH is 1. The maximum absolute atomic E-state index is 13.0. The molecule has 0 aromatic heterocycles. The maximum Gasteiger partial charge on any atom is 0.472 e. The Morgan fingerprint density at radius 2 is 0.593 bits per heavy atom. The summed E-state index contributed by atoms with van der Waals surface area (Å²) >= 11 is 0. The van der Waals surface area contributed by atoms with Crippen LogP contribution in [-0.2, 0) is 65.4 Å². The Balaban J connectivity index is 5.25. The molecular weight excluding hydrogens is 1080 g/mol. The predicted octanol–water partition coefficient (Wildman–Crippen LogP) is 16.6. The molecular formula is C62H120O17P2. The highest BCUT2D eigenvalue weighted by Gasteiger charge is 2.30. The third-order valence-electron chi connectivity index (χ3n) is 14.4. The number of esters is 4. The first-order valence-electron chi connectivity index (χ1n) is 32.2. The van der Waals surface area contributed by atoms with Crippen LogP contribution in [0.2, 0.25) is 0 Å². The van der Waals surface area contributed by atoms with Crippen molar-refractivity contribution in [2.75, 3.05) is 39.6 Å². The summed E-state index contributed by atoms with van der Waals surface area (Å²) < 4.78 is 67.8. The molecule has 3 N–H and O–H groups in total. The summed E-state index contributed by atoms with van der Waals surface area (Å²) in [6, 6.07) is 0. The Morgan fingerprint density at radius 3 is 0.877 bits per heavy atom. The van der Waals surface area contributed by atoms with Gasteiger partial charge in [0.15, 0.2) is 12.2 Å². The third kappa shape index (κ3) is 55.7. The zero-order valence-corrected chi connectivity index (χ0v) is 54.2. The number of rotatable bonds is 59. The summed E-state index contributed by atoms with van der Waals surface area (Å²) in [5.41, 5.74) is 0. The van der Waals surface area contributed by atoms with Gasteiger partial charge in [-0.05, 0) is 49.4 Å². The molecule has 0 bridgehead atoms. The summed E-state index contributed by atoms with van der Waals surface area (Å²) in [4.78, 5) is 72.0. The van der Waals surface area contributed by atoms with Crippen LogP contribution in [0, 0.1) is 23.7 Å². The van der Waals surface area contributed by atoms with Crippen molar-refractivity contribution in [1.82, 2.24) is 0 Å². The van der Waals surface area contributed by atoms with Crippen molar-refractivity contribution < 1.29 is 80.2 Å². The van der Waals surface area contributed by atoms with Gasteiger partial charge in [0.1, 0.15) is 19.3 Å². The van der Waals surface area contributed by atoms with Crippen LogP contribution in [-0.4, -0.2) is 96.7 Å². The first kappa shape index (κ1) is 79.1. The van der Waals surface area contributed by atoms with Gasteiger partial charge in [0.05, 0.1) is 26.4 Å². The quantitative estimate of drug-likeness (QED) is 0.0222. The average Bonchev–Trinajstić information content (AvgIpc) is 3.41. The molecule has 480 valence electrons. The van der Waals surface area contributed by atoms with E-state index in [2.05, 4.69) is 55.4 Å². The smallest absolute Gasteiger partial charge is 0.462 e.